The third kappa shape index (κ3) is 4.44. The van der Waals surface area contributed by atoms with Gasteiger partial charge in [-0.15, -0.1) is 5.10 Å². The van der Waals surface area contributed by atoms with Crippen LogP contribution in [0, 0.1) is 19.8 Å². The average Bonchev–Trinajstić information content (AvgIpc) is 3.48. The van der Waals surface area contributed by atoms with Crippen LogP contribution >= 0.6 is 0 Å². The normalized spacial score (nSPS) is 17.7. The average molecular weight is 448 g/mol. The number of hydrogen-bond donors (Lipinski definition) is 1. The number of carbonyl (C=O) groups is 1. The van der Waals surface area contributed by atoms with Crippen LogP contribution in [0.3, 0.4) is 0 Å². The van der Waals surface area contributed by atoms with Gasteiger partial charge in [-0.1, -0.05) is 18.2 Å². The standard InChI is InChI=1S/C25H33N7O/c1-18-22-19(2)32(21-8-4-3-5-9-21)29-23(22)24(28-27-18)31-15-10-20(11-16-31)25(33)26-12-17-30-13-6-7-14-30/h3-5,8-9,20H,6-7,10-17H2,1-2H3,(H,26,33). The predicted molar refractivity (Wildman–Crippen MR) is 130 cm³/mol. The topological polar surface area (TPSA) is 79.2 Å². The zero-order chi connectivity index (χ0) is 22.8. The molecule has 2 fully saturated rings. The molecular weight excluding hydrogens is 414 g/mol. The molecule has 1 aromatic carbocycles. The first-order chi connectivity index (χ1) is 16.1. The fraction of sp³-hybridized carbons (Fsp3) is 0.520. The molecule has 2 saturated heterocycles. The Balaban J connectivity index is 1.27. The molecule has 1 N–H and O–H groups in total. The lowest BCUT2D eigenvalue weighted by molar-refractivity contribution is -0.125. The van der Waals surface area contributed by atoms with E-state index in [9.17, 15) is 4.79 Å². The number of anilines is 1. The van der Waals surface area contributed by atoms with Crippen LogP contribution in [0.2, 0.25) is 0 Å². The Kier molecular flexibility index (Phi) is 6.26. The van der Waals surface area contributed by atoms with E-state index in [2.05, 4.69) is 44.4 Å². The van der Waals surface area contributed by atoms with Gasteiger partial charge in [-0.25, -0.2) is 4.68 Å². The summed E-state index contributed by atoms with van der Waals surface area (Å²) in [6, 6.07) is 10.2. The third-order valence-corrected chi connectivity index (χ3v) is 7.08. The number of para-hydroxylation sites is 1. The fourth-order valence-electron chi connectivity index (χ4n) is 5.19. The van der Waals surface area contributed by atoms with Gasteiger partial charge in [0.25, 0.3) is 0 Å². The summed E-state index contributed by atoms with van der Waals surface area (Å²) in [5.41, 5.74) is 3.87. The number of fused-ring (bicyclic) bond motifs is 1. The second-order valence-corrected chi connectivity index (χ2v) is 9.27. The van der Waals surface area contributed by atoms with Crippen molar-refractivity contribution in [3.05, 3.63) is 41.7 Å². The van der Waals surface area contributed by atoms with Crippen molar-refractivity contribution in [2.24, 2.45) is 5.92 Å². The second kappa shape index (κ2) is 9.47. The number of nitrogens with one attached hydrogen (secondary N) is 1. The molecule has 0 saturated carbocycles. The lowest BCUT2D eigenvalue weighted by Gasteiger charge is -2.32. The number of likely N-dealkylation sites (tertiary alicyclic amines) is 1. The number of piperidine rings is 1. The van der Waals surface area contributed by atoms with Gasteiger partial charge in [0.15, 0.2) is 5.82 Å². The van der Waals surface area contributed by atoms with Gasteiger partial charge in [-0.2, -0.15) is 10.2 Å². The molecule has 5 rings (SSSR count). The molecule has 8 nitrogen and oxygen atoms in total. The molecule has 0 unspecified atom stereocenters. The molecule has 8 heteroatoms. The Morgan fingerprint density at radius 3 is 2.48 bits per heavy atom. The Morgan fingerprint density at radius 1 is 1.03 bits per heavy atom. The van der Waals surface area contributed by atoms with Gasteiger partial charge >= 0.3 is 0 Å². The summed E-state index contributed by atoms with van der Waals surface area (Å²) in [6.07, 6.45) is 4.21. The highest BCUT2D eigenvalue weighted by molar-refractivity contribution is 5.92. The van der Waals surface area contributed by atoms with Gasteiger partial charge in [0.1, 0.15) is 5.52 Å². The molecule has 1 amide bonds. The number of benzene rings is 1. The quantitative estimate of drug-likeness (QED) is 0.626. The minimum atomic E-state index is 0.0670. The number of nitrogens with zero attached hydrogens (tertiary/aromatic N) is 6. The monoisotopic (exact) mass is 447 g/mol. The van der Waals surface area contributed by atoms with Crippen LogP contribution in [0.5, 0.6) is 0 Å². The number of rotatable bonds is 6. The molecule has 0 bridgehead atoms. The Morgan fingerprint density at radius 2 is 1.76 bits per heavy atom. The minimum Gasteiger partial charge on any atom is -0.355 e. The van der Waals surface area contributed by atoms with Crippen molar-refractivity contribution in [3.8, 4) is 5.69 Å². The van der Waals surface area contributed by atoms with E-state index in [4.69, 9.17) is 5.10 Å². The summed E-state index contributed by atoms with van der Waals surface area (Å²) < 4.78 is 1.98. The van der Waals surface area contributed by atoms with E-state index in [0.717, 1.165) is 72.8 Å². The zero-order valence-corrected chi connectivity index (χ0v) is 19.6. The first-order valence-corrected chi connectivity index (χ1v) is 12.1. The molecule has 0 spiro atoms. The fourth-order valence-corrected chi connectivity index (χ4v) is 5.19. The van der Waals surface area contributed by atoms with E-state index in [1.807, 2.05) is 29.8 Å². The molecule has 0 atom stereocenters. The van der Waals surface area contributed by atoms with Crippen LogP contribution in [-0.2, 0) is 4.79 Å². The summed E-state index contributed by atoms with van der Waals surface area (Å²) >= 11 is 0. The summed E-state index contributed by atoms with van der Waals surface area (Å²) in [7, 11) is 0. The van der Waals surface area contributed by atoms with Crippen molar-refractivity contribution < 1.29 is 4.79 Å². The molecule has 2 aliphatic heterocycles. The molecule has 2 aliphatic rings. The van der Waals surface area contributed by atoms with Crippen molar-refractivity contribution in [2.45, 2.75) is 39.5 Å². The van der Waals surface area contributed by atoms with E-state index in [0.29, 0.717) is 0 Å². The maximum absolute atomic E-state index is 12.7. The number of aromatic nitrogens is 4. The van der Waals surface area contributed by atoms with Crippen molar-refractivity contribution in [2.75, 3.05) is 44.2 Å². The van der Waals surface area contributed by atoms with E-state index < -0.39 is 0 Å². The van der Waals surface area contributed by atoms with Gasteiger partial charge in [0.2, 0.25) is 5.91 Å². The van der Waals surface area contributed by atoms with Crippen LogP contribution < -0.4 is 10.2 Å². The van der Waals surface area contributed by atoms with E-state index >= 15 is 0 Å². The molecule has 0 aliphatic carbocycles. The number of carbonyl (C=O) groups excluding carboxylic acids is 1. The van der Waals surface area contributed by atoms with Gasteiger partial charge in [-0.3, -0.25) is 4.79 Å². The van der Waals surface area contributed by atoms with Crippen molar-refractivity contribution in [1.29, 1.82) is 0 Å². The summed E-state index contributed by atoms with van der Waals surface area (Å²) in [5, 5.41) is 18.1. The van der Waals surface area contributed by atoms with Crippen molar-refractivity contribution in [1.82, 2.24) is 30.2 Å². The van der Waals surface area contributed by atoms with E-state index in [1.54, 1.807) is 0 Å². The summed E-state index contributed by atoms with van der Waals surface area (Å²) in [4.78, 5) is 17.4. The lowest BCUT2D eigenvalue weighted by atomic mass is 9.96. The van der Waals surface area contributed by atoms with Gasteiger partial charge < -0.3 is 15.1 Å². The summed E-state index contributed by atoms with van der Waals surface area (Å²) in [6.45, 7) is 9.69. The van der Waals surface area contributed by atoms with Crippen LogP contribution in [0.4, 0.5) is 5.82 Å². The predicted octanol–water partition coefficient (Wildman–Crippen LogP) is 2.86. The Bertz CT molecular complexity index is 1110. The van der Waals surface area contributed by atoms with E-state index in [-0.39, 0.29) is 11.8 Å². The maximum Gasteiger partial charge on any atom is 0.223 e. The lowest BCUT2D eigenvalue weighted by Crippen LogP contribution is -2.42. The SMILES string of the molecule is Cc1nnc(N2CCC(C(=O)NCCN3CCCC3)CC2)c2nn(-c3ccccc3)c(C)c12. The maximum atomic E-state index is 12.7. The first-order valence-electron chi connectivity index (χ1n) is 12.1. The highest BCUT2D eigenvalue weighted by Gasteiger charge is 2.28. The first kappa shape index (κ1) is 21.8. The Labute approximate surface area is 195 Å². The number of aryl methyl sites for hydroxylation is 2. The number of hydrogen-bond acceptors (Lipinski definition) is 6. The molecule has 2 aromatic heterocycles. The summed E-state index contributed by atoms with van der Waals surface area (Å²) in [5.74, 6) is 1.08. The highest BCUT2D eigenvalue weighted by atomic mass is 16.1. The van der Waals surface area contributed by atoms with E-state index in [1.165, 1.54) is 25.9 Å². The highest BCUT2D eigenvalue weighted by Crippen LogP contribution is 2.31. The Hall–Kier alpha value is -3.00. The van der Waals surface area contributed by atoms with Gasteiger partial charge in [0, 0.05) is 32.1 Å². The van der Waals surface area contributed by atoms with Crippen LogP contribution in [0.15, 0.2) is 30.3 Å². The molecule has 3 aromatic rings. The van der Waals surface area contributed by atoms with Crippen molar-refractivity contribution in [3.63, 3.8) is 0 Å². The zero-order valence-electron chi connectivity index (χ0n) is 19.6. The molecule has 0 radical (unpaired) electrons. The van der Waals surface area contributed by atoms with Gasteiger partial charge in [0.05, 0.1) is 22.5 Å². The largest absolute Gasteiger partial charge is 0.355 e. The number of amides is 1. The van der Waals surface area contributed by atoms with Crippen molar-refractivity contribution >= 4 is 22.6 Å². The second-order valence-electron chi connectivity index (χ2n) is 9.27. The minimum absolute atomic E-state index is 0.0670. The van der Waals surface area contributed by atoms with Crippen LogP contribution in [0.25, 0.3) is 16.6 Å². The van der Waals surface area contributed by atoms with Crippen LogP contribution in [-0.4, -0.2) is 70.1 Å². The molecule has 33 heavy (non-hydrogen) atoms. The third-order valence-electron chi connectivity index (χ3n) is 7.08. The molecule has 4 heterocycles. The van der Waals surface area contributed by atoms with Gasteiger partial charge in [-0.05, 0) is 64.8 Å². The molecular formula is C25H33N7O. The van der Waals surface area contributed by atoms with Crippen LogP contribution in [0.1, 0.15) is 37.1 Å². The molecule has 174 valence electrons. The smallest absolute Gasteiger partial charge is 0.223 e.